The van der Waals surface area contributed by atoms with E-state index in [4.69, 9.17) is 14.0 Å². The first-order valence-corrected chi connectivity index (χ1v) is 13.9. The summed E-state index contributed by atoms with van der Waals surface area (Å²) in [6.07, 6.45) is 4.77. The topological polar surface area (TPSA) is 27.7 Å². The lowest BCUT2D eigenvalue weighted by molar-refractivity contribution is 0.240. The zero-order valence-corrected chi connectivity index (χ0v) is 23.5. The van der Waals surface area contributed by atoms with Crippen molar-refractivity contribution in [3.8, 4) is 17.2 Å². The summed E-state index contributed by atoms with van der Waals surface area (Å²) in [5.41, 5.74) is 0.0785. The molecule has 3 aromatic rings. The van der Waals surface area contributed by atoms with Crippen LogP contribution >= 0.6 is 0 Å². The summed E-state index contributed by atoms with van der Waals surface area (Å²) in [6, 6.07) is 6.35. The smallest absolute Gasteiger partial charge is 0.489 e. The number of unbranched alkanes of at least 4 members (excludes halogenated alkanes) is 3. The third-order valence-corrected chi connectivity index (χ3v) is 6.65. The van der Waals surface area contributed by atoms with Crippen LogP contribution in [0.3, 0.4) is 0 Å². The van der Waals surface area contributed by atoms with Gasteiger partial charge in [-0.3, -0.25) is 4.48 Å². The van der Waals surface area contributed by atoms with Gasteiger partial charge in [0.25, 0.3) is 0 Å². The molecule has 41 heavy (non-hydrogen) atoms. The van der Waals surface area contributed by atoms with Gasteiger partial charge in [-0.05, 0) is 19.3 Å². The maximum atomic E-state index is 15.8. The molecule has 0 atom stereocenters. The Morgan fingerprint density at radius 1 is 0.537 bits per heavy atom. The normalized spacial score (nSPS) is 11.4. The van der Waals surface area contributed by atoms with E-state index in [1.54, 1.807) is 0 Å². The second-order valence-electron chi connectivity index (χ2n) is 9.96. The summed E-state index contributed by atoms with van der Waals surface area (Å²) in [7, 11) is -1.94. The minimum absolute atomic E-state index is 0.0785. The summed E-state index contributed by atoms with van der Waals surface area (Å²) in [4.78, 5) is 0. The molecule has 4 nitrogen and oxygen atoms in total. The van der Waals surface area contributed by atoms with E-state index in [0.29, 0.717) is 31.8 Å². The van der Waals surface area contributed by atoms with Crippen LogP contribution < -0.4 is 18.4 Å². The molecular formula is C30H35BF6NO3+. The van der Waals surface area contributed by atoms with Gasteiger partial charge in [-0.2, -0.15) is 0 Å². The van der Waals surface area contributed by atoms with Gasteiger partial charge in [0.15, 0.2) is 11.6 Å². The Kier molecular flexibility index (Phi) is 11.8. The molecule has 0 aromatic heterocycles. The molecule has 0 fully saturated rings. The number of quaternary nitrogens is 1. The van der Waals surface area contributed by atoms with Crippen molar-refractivity contribution in [3.05, 3.63) is 83.4 Å². The third-order valence-electron chi connectivity index (χ3n) is 6.65. The van der Waals surface area contributed by atoms with Crippen molar-refractivity contribution in [1.29, 1.82) is 0 Å². The first-order chi connectivity index (χ1) is 19.6. The van der Waals surface area contributed by atoms with Gasteiger partial charge in [0.1, 0.15) is 40.6 Å². The van der Waals surface area contributed by atoms with Gasteiger partial charge in [0.2, 0.25) is 5.69 Å². The van der Waals surface area contributed by atoms with E-state index in [0.717, 1.165) is 74.9 Å². The van der Waals surface area contributed by atoms with Gasteiger partial charge in [0.05, 0.1) is 19.6 Å². The van der Waals surface area contributed by atoms with Gasteiger partial charge in [-0.15, -0.1) is 0 Å². The highest BCUT2D eigenvalue weighted by Gasteiger charge is 2.40. The average Bonchev–Trinajstić information content (AvgIpc) is 2.87. The lowest BCUT2D eigenvalue weighted by atomic mass is 10.1. The van der Waals surface area contributed by atoms with E-state index in [1.165, 1.54) is 0 Å². The molecule has 0 spiro atoms. The molecule has 222 valence electrons. The van der Waals surface area contributed by atoms with Gasteiger partial charge < -0.3 is 14.0 Å². The largest absolute Gasteiger partial charge is 0.864 e. The number of halogens is 6. The van der Waals surface area contributed by atoms with Crippen LogP contribution in [-0.4, -0.2) is 27.0 Å². The number of hydrogen-bond acceptors (Lipinski definition) is 3. The Labute approximate surface area is 237 Å². The maximum absolute atomic E-state index is 15.8. The second-order valence-corrected chi connectivity index (χ2v) is 9.96. The van der Waals surface area contributed by atoms with Crippen LogP contribution in [0.15, 0.2) is 48.5 Å². The lowest BCUT2D eigenvalue weighted by Gasteiger charge is -2.39. The Morgan fingerprint density at radius 2 is 0.927 bits per heavy atom. The Hall–Kier alpha value is -3.34. The van der Waals surface area contributed by atoms with Crippen LogP contribution in [0.2, 0.25) is 0 Å². The highest BCUT2D eigenvalue weighted by atomic mass is 19.2. The Balaban J connectivity index is 2.14. The molecule has 0 bridgehead atoms. The van der Waals surface area contributed by atoms with Crippen molar-refractivity contribution in [2.75, 3.05) is 19.6 Å². The molecule has 0 saturated carbocycles. The zero-order chi connectivity index (χ0) is 30.0. The SMILES string of the molecule is CCCC[N+](CCCC)(CCCC)c1c(F)cc(F)cc1OB(Oc1cc(F)cc(F)c1)Oc1cc(F)cc(F)c1. The summed E-state index contributed by atoms with van der Waals surface area (Å²) < 4.78 is 103. The molecule has 0 saturated heterocycles. The molecule has 3 aromatic carbocycles. The van der Waals surface area contributed by atoms with Crippen LogP contribution in [0.1, 0.15) is 59.3 Å². The Morgan fingerprint density at radius 3 is 1.32 bits per heavy atom. The van der Waals surface area contributed by atoms with Gasteiger partial charge in [-0.1, -0.05) is 40.0 Å². The molecule has 0 heterocycles. The second kappa shape index (κ2) is 15.1. The van der Waals surface area contributed by atoms with Crippen molar-refractivity contribution in [1.82, 2.24) is 4.48 Å². The fourth-order valence-electron chi connectivity index (χ4n) is 4.74. The summed E-state index contributed by atoms with van der Waals surface area (Å²) in [5, 5.41) is 0. The minimum Gasteiger partial charge on any atom is -0.489 e. The number of nitrogens with zero attached hydrogens (tertiary/aromatic N) is 1. The van der Waals surface area contributed by atoms with Gasteiger partial charge in [-0.25, -0.2) is 26.3 Å². The molecule has 11 heteroatoms. The molecule has 0 unspecified atom stereocenters. The van der Waals surface area contributed by atoms with Gasteiger partial charge in [0, 0.05) is 48.5 Å². The minimum atomic E-state index is -1.94. The van der Waals surface area contributed by atoms with Crippen molar-refractivity contribution in [2.45, 2.75) is 59.3 Å². The van der Waals surface area contributed by atoms with Gasteiger partial charge >= 0.3 is 7.32 Å². The van der Waals surface area contributed by atoms with Crippen LogP contribution in [0.25, 0.3) is 0 Å². The number of hydrogen-bond donors (Lipinski definition) is 0. The van der Waals surface area contributed by atoms with Crippen molar-refractivity contribution < 1.29 is 40.3 Å². The molecule has 0 amide bonds. The summed E-state index contributed by atoms with van der Waals surface area (Å²) in [5.74, 6) is -6.68. The molecule has 0 aliphatic heterocycles. The van der Waals surface area contributed by atoms with E-state index in [1.807, 2.05) is 20.8 Å². The van der Waals surface area contributed by atoms with E-state index in [9.17, 15) is 22.0 Å². The molecule has 0 aliphatic carbocycles. The summed E-state index contributed by atoms with van der Waals surface area (Å²) >= 11 is 0. The standard InChI is InChI=1S/C30H35BF6NO3/c1-4-7-10-38(11-8-5-2,12-9-6-3)30-28(37)19-25(36)20-29(30)41-31(39-26-15-21(32)13-22(33)16-26)40-27-17-23(34)14-24(35)18-27/h13-20H,4-12H2,1-3H3/q+1. The first-order valence-electron chi connectivity index (χ1n) is 13.9. The van der Waals surface area contributed by atoms with Crippen LogP contribution in [0.5, 0.6) is 17.2 Å². The van der Waals surface area contributed by atoms with Crippen LogP contribution in [-0.2, 0) is 0 Å². The van der Waals surface area contributed by atoms with E-state index in [2.05, 4.69) is 0 Å². The highest BCUT2D eigenvalue weighted by molar-refractivity contribution is 6.39. The number of benzene rings is 3. The van der Waals surface area contributed by atoms with Crippen molar-refractivity contribution in [2.24, 2.45) is 0 Å². The zero-order valence-electron chi connectivity index (χ0n) is 23.5. The quantitative estimate of drug-likeness (QED) is 0.0961. The fourth-order valence-corrected chi connectivity index (χ4v) is 4.74. The number of rotatable bonds is 16. The lowest BCUT2D eigenvalue weighted by Crippen LogP contribution is -2.52. The van der Waals surface area contributed by atoms with Crippen molar-refractivity contribution >= 4 is 13.0 Å². The van der Waals surface area contributed by atoms with E-state index in [-0.39, 0.29) is 27.4 Å². The third kappa shape index (κ3) is 9.08. The molecule has 0 aliphatic rings. The van der Waals surface area contributed by atoms with Crippen LogP contribution in [0.4, 0.5) is 32.0 Å². The predicted molar refractivity (Wildman–Crippen MR) is 148 cm³/mol. The van der Waals surface area contributed by atoms with E-state index >= 15 is 4.39 Å². The molecule has 3 rings (SSSR count). The molecule has 0 radical (unpaired) electrons. The molecular weight excluding hydrogens is 547 g/mol. The van der Waals surface area contributed by atoms with Crippen molar-refractivity contribution in [3.63, 3.8) is 0 Å². The Bertz CT molecular complexity index is 1180. The highest BCUT2D eigenvalue weighted by Crippen LogP contribution is 2.39. The maximum Gasteiger partial charge on any atom is 0.864 e. The monoisotopic (exact) mass is 582 g/mol. The first kappa shape index (κ1) is 32.2. The fraction of sp³-hybridized carbons (Fsp3) is 0.400. The van der Waals surface area contributed by atoms with E-state index < -0.39 is 42.2 Å². The summed E-state index contributed by atoms with van der Waals surface area (Å²) in [6.45, 7) is 7.69. The van der Waals surface area contributed by atoms with Crippen LogP contribution in [0, 0.1) is 34.9 Å². The average molecular weight is 582 g/mol. The predicted octanol–water partition coefficient (Wildman–Crippen LogP) is 8.75. The molecule has 0 N–H and O–H groups in total.